The third kappa shape index (κ3) is 3.24. The molecule has 0 radical (unpaired) electrons. The van der Waals surface area contributed by atoms with E-state index in [4.69, 9.17) is 5.73 Å². The van der Waals surface area contributed by atoms with Gasteiger partial charge in [0.1, 0.15) is 0 Å². The Labute approximate surface area is 131 Å². The Balaban J connectivity index is 1.94. The molecule has 0 fully saturated rings. The third-order valence-corrected chi connectivity index (χ3v) is 3.12. The second-order valence-electron chi connectivity index (χ2n) is 4.75. The van der Waals surface area contributed by atoms with Gasteiger partial charge in [-0.2, -0.15) is 0 Å². The van der Waals surface area contributed by atoms with Crippen LogP contribution in [0.4, 0.5) is 11.5 Å². The zero-order chi connectivity index (χ0) is 16.2. The predicted octanol–water partition coefficient (Wildman–Crippen LogP) is 1.67. The van der Waals surface area contributed by atoms with Crippen LogP contribution in [0.15, 0.2) is 59.7 Å². The summed E-state index contributed by atoms with van der Waals surface area (Å²) < 4.78 is 0. The molecule has 7 nitrogen and oxygen atoms in total. The van der Waals surface area contributed by atoms with Gasteiger partial charge >= 0.3 is 0 Å². The van der Waals surface area contributed by atoms with Crippen molar-refractivity contribution in [1.82, 2.24) is 15.0 Å². The molecule has 23 heavy (non-hydrogen) atoms. The van der Waals surface area contributed by atoms with E-state index in [1.54, 1.807) is 30.3 Å². The lowest BCUT2D eigenvalue weighted by Crippen LogP contribution is -2.17. The van der Waals surface area contributed by atoms with E-state index in [1.807, 2.05) is 6.07 Å². The molecule has 0 aliphatic heterocycles. The summed E-state index contributed by atoms with van der Waals surface area (Å²) in [5.41, 5.74) is 7.06. The van der Waals surface area contributed by atoms with Gasteiger partial charge in [0.15, 0.2) is 11.5 Å². The van der Waals surface area contributed by atoms with Gasteiger partial charge in [-0.25, -0.2) is 9.97 Å². The maximum atomic E-state index is 12.3. The number of aromatic amines is 1. The first kappa shape index (κ1) is 14.5. The Hall–Kier alpha value is -3.48. The number of nitrogen functional groups attached to an aromatic ring is 1. The third-order valence-electron chi connectivity index (χ3n) is 3.12. The molecule has 0 saturated heterocycles. The Morgan fingerprint density at radius 2 is 1.96 bits per heavy atom. The fourth-order valence-corrected chi connectivity index (χ4v) is 2.02. The molecule has 0 spiro atoms. The molecular weight excluding hydrogens is 294 g/mol. The maximum Gasteiger partial charge on any atom is 0.278 e. The number of nitrogens with zero attached hydrogens (tertiary/aromatic N) is 2. The molecule has 7 heteroatoms. The summed E-state index contributed by atoms with van der Waals surface area (Å²) >= 11 is 0. The number of carbonyl (C=O) groups excluding carboxylic acids is 1. The number of aromatic nitrogens is 3. The molecule has 0 saturated carbocycles. The number of rotatable bonds is 3. The average Bonchev–Trinajstić information content (AvgIpc) is 2.56. The summed E-state index contributed by atoms with van der Waals surface area (Å²) in [5.74, 6) is -0.445. The van der Waals surface area contributed by atoms with Crippen molar-refractivity contribution in [3.05, 3.63) is 70.9 Å². The Bertz CT molecular complexity index is 906. The number of H-pyrrole nitrogens is 1. The molecule has 1 amide bonds. The second-order valence-corrected chi connectivity index (χ2v) is 4.75. The van der Waals surface area contributed by atoms with Crippen molar-refractivity contribution in [3.8, 4) is 11.3 Å². The topological polar surface area (TPSA) is 114 Å². The van der Waals surface area contributed by atoms with E-state index in [2.05, 4.69) is 20.3 Å². The molecule has 0 unspecified atom stereocenters. The van der Waals surface area contributed by atoms with Crippen molar-refractivity contribution in [1.29, 1.82) is 0 Å². The molecule has 2 heterocycles. The number of benzene rings is 1. The summed E-state index contributed by atoms with van der Waals surface area (Å²) in [4.78, 5) is 34.4. The summed E-state index contributed by atoms with van der Waals surface area (Å²) in [5, 5.41) is 2.70. The van der Waals surface area contributed by atoms with Gasteiger partial charge in [-0.15, -0.1) is 0 Å². The van der Waals surface area contributed by atoms with Crippen LogP contribution in [-0.4, -0.2) is 20.9 Å². The Kier molecular flexibility index (Phi) is 3.84. The Morgan fingerprint density at radius 1 is 1.17 bits per heavy atom. The molecule has 3 rings (SSSR count). The molecule has 0 atom stereocenters. The summed E-state index contributed by atoms with van der Waals surface area (Å²) in [6, 6.07) is 12.0. The summed E-state index contributed by atoms with van der Waals surface area (Å²) in [6.07, 6.45) is 2.92. The lowest BCUT2D eigenvalue weighted by molar-refractivity contribution is 0.102. The number of carbonyl (C=O) groups is 1. The highest BCUT2D eigenvalue weighted by molar-refractivity contribution is 6.05. The van der Waals surface area contributed by atoms with Gasteiger partial charge in [-0.05, 0) is 18.2 Å². The smallest absolute Gasteiger partial charge is 0.278 e. The maximum absolute atomic E-state index is 12.3. The van der Waals surface area contributed by atoms with Gasteiger partial charge in [0, 0.05) is 23.5 Å². The molecule has 114 valence electrons. The van der Waals surface area contributed by atoms with Gasteiger partial charge in [-0.3, -0.25) is 9.59 Å². The molecule has 4 N–H and O–H groups in total. The van der Waals surface area contributed by atoms with Crippen molar-refractivity contribution in [3.63, 3.8) is 0 Å². The molecule has 0 aliphatic rings. The molecule has 0 aliphatic carbocycles. The first-order valence-corrected chi connectivity index (χ1v) is 6.81. The standard InChI is InChI=1S/C16H13N5O2/c17-15-14(16(23)20-11-4-2-1-3-5-11)21-12(9-19-15)10-6-7-18-13(22)8-10/h1-9H,(H2,17,19)(H,18,22)(H,20,23). The zero-order valence-corrected chi connectivity index (χ0v) is 12.0. The highest BCUT2D eigenvalue weighted by Gasteiger charge is 2.15. The minimum atomic E-state index is -0.465. The van der Waals surface area contributed by atoms with Gasteiger partial charge in [0.2, 0.25) is 5.56 Å². The van der Waals surface area contributed by atoms with Crippen molar-refractivity contribution < 1.29 is 4.79 Å². The van der Waals surface area contributed by atoms with E-state index in [0.29, 0.717) is 16.9 Å². The van der Waals surface area contributed by atoms with Crippen LogP contribution in [0.25, 0.3) is 11.3 Å². The first-order chi connectivity index (χ1) is 11.1. The number of pyridine rings is 1. The molecule has 0 bridgehead atoms. The number of para-hydroxylation sites is 1. The van der Waals surface area contributed by atoms with Crippen LogP contribution in [0.1, 0.15) is 10.5 Å². The summed E-state index contributed by atoms with van der Waals surface area (Å²) in [6.45, 7) is 0. The fraction of sp³-hybridized carbons (Fsp3) is 0. The van der Waals surface area contributed by atoms with Crippen molar-refractivity contribution in [2.24, 2.45) is 0 Å². The monoisotopic (exact) mass is 307 g/mol. The number of hydrogen-bond donors (Lipinski definition) is 3. The number of anilines is 2. The van der Waals surface area contributed by atoms with Crippen LogP contribution >= 0.6 is 0 Å². The molecule has 3 aromatic rings. The summed E-state index contributed by atoms with van der Waals surface area (Å²) in [7, 11) is 0. The van der Waals surface area contributed by atoms with E-state index >= 15 is 0 Å². The normalized spacial score (nSPS) is 10.3. The van der Waals surface area contributed by atoms with Crippen LogP contribution in [0.5, 0.6) is 0 Å². The quantitative estimate of drug-likeness (QED) is 0.681. The average molecular weight is 307 g/mol. The largest absolute Gasteiger partial charge is 0.382 e. The molecular formula is C16H13N5O2. The zero-order valence-electron chi connectivity index (χ0n) is 12.0. The van der Waals surface area contributed by atoms with Crippen LogP contribution in [0.3, 0.4) is 0 Å². The highest BCUT2D eigenvalue weighted by atomic mass is 16.2. The predicted molar refractivity (Wildman–Crippen MR) is 86.9 cm³/mol. The van der Waals surface area contributed by atoms with E-state index in [9.17, 15) is 9.59 Å². The van der Waals surface area contributed by atoms with Crippen molar-refractivity contribution >= 4 is 17.4 Å². The van der Waals surface area contributed by atoms with Gasteiger partial charge in [0.05, 0.1) is 11.9 Å². The number of amides is 1. The van der Waals surface area contributed by atoms with Gasteiger partial charge in [-0.1, -0.05) is 18.2 Å². The minimum absolute atomic E-state index is 0.00614. The number of nitrogens with two attached hydrogens (primary N) is 1. The minimum Gasteiger partial charge on any atom is -0.382 e. The van der Waals surface area contributed by atoms with E-state index < -0.39 is 5.91 Å². The van der Waals surface area contributed by atoms with Crippen molar-refractivity contribution in [2.75, 3.05) is 11.1 Å². The highest BCUT2D eigenvalue weighted by Crippen LogP contribution is 2.17. The number of nitrogens with one attached hydrogen (secondary N) is 2. The molecule has 2 aromatic heterocycles. The van der Waals surface area contributed by atoms with Gasteiger partial charge in [0.25, 0.3) is 5.91 Å². The number of hydrogen-bond acceptors (Lipinski definition) is 5. The van der Waals surface area contributed by atoms with Crippen LogP contribution in [0, 0.1) is 0 Å². The second kappa shape index (κ2) is 6.10. The van der Waals surface area contributed by atoms with Crippen molar-refractivity contribution in [2.45, 2.75) is 0 Å². The SMILES string of the molecule is Nc1ncc(-c2cc[nH]c(=O)c2)nc1C(=O)Nc1ccccc1. The van der Waals surface area contributed by atoms with Crippen LogP contribution < -0.4 is 16.6 Å². The first-order valence-electron chi connectivity index (χ1n) is 6.81. The fourth-order valence-electron chi connectivity index (χ4n) is 2.02. The lowest BCUT2D eigenvalue weighted by Gasteiger charge is -2.08. The Morgan fingerprint density at radius 3 is 2.70 bits per heavy atom. The lowest BCUT2D eigenvalue weighted by atomic mass is 10.2. The van der Waals surface area contributed by atoms with Crippen LogP contribution in [0.2, 0.25) is 0 Å². The molecule has 1 aromatic carbocycles. The van der Waals surface area contributed by atoms with E-state index in [1.165, 1.54) is 18.5 Å². The van der Waals surface area contributed by atoms with E-state index in [0.717, 1.165) is 0 Å². The van der Waals surface area contributed by atoms with E-state index in [-0.39, 0.29) is 17.1 Å². The van der Waals surface area contributed by atoms with Gasteiger partial charge < -0.3 is 16.0 Å². The van der Waals surface area contributed by atoms with Crippen LogP contribution in [-0.2, 0) is 0 Å².